The molecule has 220 valence electrons. The van der Waals surface area contributed by atoms with Gasteiger partial charge in [-0.15, -0.1) is 0 Å². The molecule has 40 heavy (non-hydrogen) atoms. The second-order valence-corrected chi connectivity index (χ2v) is 10.3. The molecule has 0 unspecified atom stereocenters. The van der Waals surface area contributed by atoms with E-state index in [1.165, 1.54) is 19.2 Å². The molecule has 0 aliphatic heterocycles. The summed E-state index contributed by atoms with van der Waals surface area (Å²) in [7, 11) is 1.41. The third-order valence-corrected chi connectivity index (χ3v) is 6.77. The van der Waals surface area contributed by atoms with Crippen LogP contribution in [-0.4, -0.2) is 65.0 Å². The lowest BCUT2D eigenvalue weighted by molar-refractivity contribution is -0.149. The fourth-order valence-electron chi connectivity index (χ4n) is 4.74. The molecule has 0 heterocycles. The summed E-state index contributed by atoms with van der Waals surface area (Å²) in [5.41, 5.74) is 5.65. The van der Waals surface area contributed by atoms with Crippen molar-refractivity contribution in [2.24, 2.45) is 23.5 Å². The van der Waals surface area contributed by atoms with Crippen LogP contribution in [0.4, 0.5) is 0 Å². The van der Waals surface area contributed by atoms with Crippen LogP contribution in [0.5, 0.6) is 5.75 Å². The number of methoxy groups -OCH3 is 1. The van der Waals surface area contributed by atoms with Crippen molar-refractivity contribution in [1.29, 1.82) is 0 Å². The summed E-state index contributed by atoms with van der Waals surface area (Å²) in [5, 5.41) is 26.4. The van der Waals surface area contributed by atoms with Gasteiger partial charge in [-0.1, -0.05) is 38.8 Å². The summed E-state index contributed by atoms with van der Waals surface area (Å²) < 4.78 is 5.22. The van der Waals surface area contributed by atoms with Gasteiger partial charge in [0.1, 0.15) is 23.9 Å². The van der Waals surface area contributed by atoms with Crippen LogP contribution < -0.4 is 26.4 Å². The number of carbonyl (C=O) groups excluding carboxylic acids is 4. The van der Waals surface area contributed by atoms with Gasteiger partial charge < -0.3 is 36.6 Å². The lowest BCUT2D eigenvalue weighted by Crippen LogP contribution is -2.55. The maximum absolute atomic E-state index is 13.5. The van der Waals surface area contributed by atoms with Crippen LogP contribution in [0.1, 0.15) is 64.0 Å². The summed E-state index contributed by atoms with van der Waals surface area (Å²) in [5.74, 6) is -7.27. The second-order valence-electron chi connectivity index (χ2n) is 10.3. The molecule has 7 N–H and O–H groups in total. The minimum Gasteiger partial charge on any atom is -0.497 e. The maximum atomic E-state index is 13.5. The van der Waals surface area contributed by atoms with E-state index in [0.29, 0.717) is 31.4 Å². The Hall–Kier alpha value is -4.16. The standard InChI is InChI=1S/C27H38N4O9/c1-14(2)11-19(23(28)34)29-25(36)20(13-21(32)33)30-26(37)22(15-7-6-8-16(12-15)40-3)31-24(35)17-9-4-5-10-18(17)27(38)39/h6-8,12,14,17-20,22H,4-5,9-11,13H2,1-3H3,(H2,28,34)(H,29,36)(H,30,37)(H,31,35)(H,32,33)(H,38,39)/t17-,18-,19+,20+,22+/m1/s1. The maximum Gasteiger partial charge on any atom is 0.307 e. The highest BCUT2D eigenvalue weighted by Crippen LogP contribution is 2.31. The van der Waals surface area contributed by atoms with Crippen LogP contribution in [0.3, 0.4) is 0 Å². The number of ether oxygens (including phenoxy) is 1. The molecule has 13 nitrogen and oxygen atoms in total. The first-order valence-electron chi connectivity index (χ1n) is 13.1. The van der Waals surface area contributed by atoms with Gasteiger partial charge in [-0.3, -0.25) is 28.8 Å². The zero-order valence-corrected chi connectivity index (χ0v) is 22.8. The number of aliphatic carboxylic acids is 2. The molecule has 0 spiro atoms. The lowest BCUT2D eigenvalue weighted by atomic mass is 9.78. The molecular weight excluding hydrogens is 524 g/mol. The Kier molecular flexibility index (Phi) is 11.9. The number of hydrogen-bond donors (Lipinski definition) is 6. The number of amides is 4. The molecule has 2 rings (SSSR count). The zero-order chi connectivity index (χ0) is 30.0. The van der Waals surface area contributed by atoms with E-state index in [-0.39, 0.29) is 17.9 Å². The van der Waals surface area contributed by atoms with Gasteiger partial charge in [-0.2, -0.15) is 0 Å². The Morgan fingerprint density at radius 1 is 0.950 bits per heavy atom. The Morgan fingerprint density at radius 3 is 2.12 bits per heavy atom. The van der Waals surface area contributed by atoms with Crippen molar-refractivity contribution in [2.45, 2.75) is 70.5 Å². The van der Waals surface area contributed by atoms with E-state index in [1.807, 2.05) is 0 Å². The Morgan fingerprint density at radius 2 is 1.57 bits per heavy atom. The van der Waals surface area contributed by atoms with E-state index in [0.717, 1.165) is 0 Å². The van der Waals surface area contributed by atoms with Crippen LogP contribution in [0.25, 0.3) is 0 Å². The normalized spacial score (nSPS) is 19.0. The molecule has 1 aliphatic carbocycles. The molecule has 1 fully saturated rings. The van der Waals surface area contributed by atoms with Gasteiger partial charge in [0.25, 0.3) is 0 Å². The quantitative estimate of drug-likeness (QED) is 0.188. The van der Waals surface area contributed by atoms with Gasteiger partial charge >= 0.3 is 11.9 Å². The number of nitrogens with one attached hydrogen (secondary N) is 3. The topological polar surface area (TPSA) is 214 Å². The van der Waals surface area contributed by atoms with E-state index in [4.69, 9.17) is 10.5 Å². The van der Waals surface area contributed by atoms with Gasteiger partial charge in [-0.05, 0) is 42.9 Å². The molecular formula is C27H38N4O9. The second kappa shape index (κ2) is 14.8. The number of carboxylic acids is 2. The first-order valence-corrected chi connectivity index (χ1v) is 13.1. The Bertz CT molecular complexity index is 1110. The summed E-state index contributed by atoms with van der Waals surface area (Å²) in [6.45, 7) is 3.61. The SMILES string of the molecule is COc1cccc([C@H](NC(=O)[C@@H]2CCCC[C@H]2C(=O)O)C(=O)N[C@@H](CC(=O)O)C(=O)N[C@@H](CC(C)C)C(N)=O)c1. The molecule has 1 aliphatic rings. The Labute approximate surface area is 232 Å². The molecule has 4 amide bonds. The fraction of sp³-hybridized carbons (Fsp3) is 0.556. The van der Waals surface area contributed by atoms with E-state index < -0.39 is 71.9 Å². The number of carbonyl (C=O) groups is 6. The van der Waals surface area contributed by atoms with Gasteiger partial charge in [0.15, 0.2) is 0 Å². The molecule has 1 aromatic carbocycles. The third kappa shape index (κ3) is 9.24. The van der Waals surface area contributed by atoms with Gasteiger partial charge in [-0.25, -0.2) is 0 Å². The Balaban J connectivity index is 2.36. The molecule has 5 atom stereocenters. The highest BCUT2D eigenvalue weighted by atomic mass is 16.5. The van der Waals surface area contributed by atoms with E-state index in [1.54, 1.807) is 26.0 Å². The van der Waals surface area contributed by atoms with Crippen LogP contribution >= 0.6 is 0 Å². The average Bonchev–Trinajstić information content (AvgIpc) is 2.90. The molecule has 0 bridgehead atoms. The van der Waals surface area contributed by atoms with E-state index in [9.17, 15) is 39.0 Å². The number of nitrogens with two attached hydrogens (primary N) is 1. The van der Waals surface area contributed by atoms with Gasteiger partial charge in [0.05, 0.1) is 25.4 Å². The number of rotatable bonds is 14. The molecule has 1 saturated carbocycles. The first-order chi connectivity index (χ1) is 18.8. The minimum atomic E-state index is -1.61. The summed E-state index contributed by atoms with van der Waals surface area (Å²) in [6.07, 6.45) is 1.34. The monoisotopic (exact) mass is 562 g/mol. The number of hydrogen-bond acceptors (Lipinski definition) is 7. The van der Waals surface area contributed by atoms with Crippen molar-refractivity contribution in [2.75, 3.05) is 7.11 Å². The largest absolute Gasteiger partial charge is 0.497 e. The summed E-state index contributed by atoms with van der Waals surface area (Å²) in [4.78, 5) is 74.9. The molecule has 13 heteroatoms. The summed E-state index contributed by atoms with van der Waals surface area (Å²) >= 11 is 0. The number of carboxylic acid groups (broad SMARTS) is 2. The predicted octanol–water partition coefficient (Wildman–Crippen LogP) is 0.719. The van der Waals surface area contributed by atoms with Gasteiger partial charge in [0, 0.05) is 0 Å². The van der Waals surface area contributed by atoms with E-state index in [2.05, 4.69) is 16.0 Å². The molecule has 0 saturated heterocycles. The third-order valence-electron chi connectivity index (χ3n) is 6.77. The average molecular weight is 563 g/mol. The van der Waals surface area contributed by atoms with Crippen LogP contribution in [0.15, 0.2) is 24.3 Å². The van der Waals surface area contributed by atoms with Crippen LogP contribution in [-0.2, 0) is 28.8 Å². The number of primary amides is 1. The van der Waals surface area contributed by atoms with E-state index >= 15 is 0 Å². The van der Waals surface area contributed by atoms with Crippen molar-refractivity contribution in [3.8, 4) is 5.75 Å². The molecule has 0 radical (unpaired) electrons. The van der Waals surface area contributed by atoms with Gasteiger partial charge in [0.2, 0.25) is 23.6 Å². The predicted molar refractivity (Wildman–Crippen MR) is 142 cm³/mol. The van der Waals surface area contributed by atoms with Crippen LogP contribution in [0.2, 0.25) is 0 Å². The van der Waals surface area contributed by atoms with Crippen molar-refractivity contribution in [1.82, 2.24) is 16.0 Å². The van der Waals surface area contributed by atoms with Crippen molar-refractivity contribution in [3.05, 3.63) is 29.8 Å². The van der Waals surface area contributed by atoms with Crippen molar-refractivity contribution in [3.63, 3.8) is 0 Å². The molecule has 0 aromatic heterocycles. The van der Waals surface area contributed by atoms with Crippen LogP contribution in [0, 0.1) is 17.8 Å². The van der Waals surface area contributed by atoms with Crippen molar-refractivity contribution < 1.29 is 43.7 Å². The fourth-order valence-corrected chi connectivity index (χ4v) is 4.74. The summed E-state index contributed by atoms with van der Waals surface area (Å²) in [6, 6.07) is 2.09. The minimum absolute atomic E-state index is 0.0209. The highest BCUT2D eigenvalue weighted by molar-refractivity contribution is 5.96. The lowest BCUT2D eigenvalue weighted by Gasteiger charge is -2.30. The molecule has 1 aromatic rings. The van der Waals surface area contributed by atoms with Crippen molar-refractivity contribution >= 4 is 35.6 Å². The highest BCUT2D eigenvalue weighted by Gasteiger charge is 2.38. The smallest absolute Gasteiger partial charge is 0.307 e. The number of benzene rings is 1. The first kappa shape index (κ1) is 32.1. The zero-order valence-electron chi connectivity index (χ0n) is 22.8.